The zero-order valence-electron chi connectivity index (χ0n) is 11.3. The van der Waals surface area contributed by atoms with Crippen molar-refractivity contribution in [2.24, 2.45) is 11.8 Å². The Morgan fingerprint density at radius 3 is 2.80 bits per heavy atom. The fourth-order valence-electron chi connectivity index (χ4n) is 3.00. The maximum Gasteiger partial charge on any atom is 0.263 e. The molecule has 1 aromatic heterocycles. The summed E-state index contributed by atoms with van der Waals surface area (Å²) in [5, 5.41) is 3.78. The minimum atomic E-state index is -2.87. The van der Waals surface area contributed by atoms with Gasteiger partial charge >= 0.3 is 0 Å². The predicted molar refractivity (Wildman–Crippen MR) is 64.8 cm³/mol. The second kappa shape index (κ2) is 4.79. The van der Waals surface area contributed by atoms with Crippen LogP contribution in [-0.4, -0.2) is 33.4 Å². The van der Waals surface area contributed by atoms with E-state index in [2.05, 4.69) is 10.1 Å². The quantitative estimate of drug-likeness (QED) is 0.837. The molecule has 5 nitrogen and oxygen atoms in total. The van der Waals surface area contributed by atoms with E-state index in [-0.39, 0.29) is 6.04 Å². The van der Waals surface area contributed by atoms with Gasteiger partial charge in [-0.3, -0.25) is 4.79 Å². The highest BCUT2D eigenvalue weighted by Crippen LogP contribution is 2.56. The van der Waals surface area contributed by atoms with Crippen LogP contribution in [0.25, 0.3) is 0 Å². The van der Waals surface area contributed by atoms with Crippen molar-refractivity contribution in [2.75, 3.05) is 6.54 Å². The maximum atomic E-state index is 13.5. The van der Waals surface area contributed by atoms with Gasteiger partial charge in [0.1, 0.15) is 5.92 Å². The zero-order chi connectivity index (χ0) is 14.3. The monoisotopic (exact) mass is 285 g/mol. The Hall–Kier alpha value is -1.53. The second-order valence-corrected chi connectivity index (χ2v) is 5.63. The van der Waals surface area contributed by atoms with Crippen molar-refractivity contribution >= 4 is 5.91 Å². The van der Waals surface area contributed by atoms with E-state index < -0.39 is 23.7 Å². The molecule has 0 bridgehead atoms. The van der Waals surface area contributed by atoms with Crippen LogP contribution in [0.15, 0.2) is 10.9 Å². The number of amides is 1. The molecule has 3 rings (SSSR count). The molecule has 0 radical (unpaired) electrons. The van der Waals surface area contributed by atoms with Gasteiger partial charge in [0, 0.05) is 12.5 Å². The summed E-state index contributed by atoms with van der Waals surface area (Å²) in [6.07, 6.45) is 4.64. The summed E-state index contributed by atoms with van der Waals surface area (Å²) < 4.78 is 31.7. The number of likely N-dealkylation sites (tertiary alicyclic amines) is 1. The molecule has 110 valence electrons. The Kier molecular flexibility index (Phi) is 3.22. The summed E-state index contributed by atoms with van der Waals surface area (Å²) in [6, 6.07) is -0.340. The van der Waals surface area contributed by atoms with E-state index in [1.165, 1.54) is 18.2 Å². The molecule has 2 aliphatic rings. The van der Waals surface area contributed by atoms with Gasteiger partial charge in [0.05, 0.1) is 6.04 Å². The van der Waals surface area contributed by atoms with Crippen LogP contribution >= 0.6 is 0 Å². The molecule has 1 aromatic rings. The molecular formula is C13H17F2N3O2. The van der Waals surface area contributed by atoms with E-state index in [1.807, 2.05) is 0 Å². The highest BCUT2D eigenvalue weighted by Gasteiger charge is 2.70. The minimum absolute atomic E-state index is 0.340. The van der Waals surface area contributed by atoms with Gasteiger partial charge in [-0.2, -0.15) is 4.98 Å². The Bertz CT molecular complexity index is 492. The fourth-order valence-corrected chi connectivity index (χ4v) is 3.00. The molecule has 1 aliphatic heterocycles. The first-order valence-electron chi connectivity index (χ1n) is 6.98. The molecule has 20 heavy (non-hydrogen) atoms. The van der Waals surface area contributed by atoms with Crippen LogP contribution in [0.4, 0.5) is 8.78 Å². The summed E-state index contributed by atoms with van der Waals surface area (Å²) in [7, 11) is 0. The van der Waals surface area contributed by atoms with Gasteiger partial charge < -0.3 is 9.42 Å². The third-order valence-corrected chi connectivity index (χ3v) is 4.39. The van der Waals surface area contributed by atoms with Crippen LogP contribution in [0.1, 0.15) is 44.5 Å². The van der Waals surface area contributed by atoms with Gasteiger partial charge in [-0.15, -0.1) is 0 Å². The van der Waals surface area contributed by atoms with Crippen molar-refractivity contribution in [3.05, 3.63) is 12.2 Å². The lowest BCUT2D eigenvalue weighted by Gasteiger charge is -2.28. The number of rotatable bonds is 2. The molecule has 3 unspecified atom stereocenters. The van der Waals surface area contributed by atoms with E-state index >= 15 is 0 Å². The molecular weight excluding hydrogens is 268 g/mol. The molecule has 1 saturated carbocycles. The summed E-state index contributed by atoms with van der Waals surface area (Å²) in [6.45, 7) is 1.90. The molecule has 0 N–H and O–H groups in total. The molecule has 1 aliphatic carbocycles. The second-order valence-electron chi connectivity index (χ2n) is 5.63. The van der Waals surface area contributed by atoms with Crippen molar-refractivity contribution in [2.45, 2.75) is 44.6 Å². The Balaban J connectivity index is 1.83. The highest BCUT2D eigenvalue weighted by atomic mass is 19.3. The number of halogens is 2. The van der Waals surface area contributed by atoms with Crippen molar-refractivity contribution < 1.29 is 18.1 Å². The van der Waals surface area contributed by atoms with Gasteiger partial charge in [-0.05, 0) is 12.8 Å². The molecule has 1 amide bonds. The first-order chi connectivity index (χ1) is 9.53. The zero-order valence-corrected chi connectivity index (χ0v) is 11.3. The first kappa shape index (κ1) is 13.5. The van der Waals surface area contributed by atoms with E-state index in [0.29, 0.717) is 18.8 Å². The third kappa shape index (κ3) is 2.09. The lowest BCUT2D eigenvalue weighted by atomic mass is 10.1. The minimum Gasteiger partial charge on any atom is -0.343 e. The Morgan fingerprint density at radius 1 is 1.45 bits per heavy atom. The molecule has 2 fully saturated rings. The van der Waals surface area contributed by atoms with Crippen LogP contribution in [0.2, 0.25) is 0 Å². The van der Waals surface area contributed by atoms with Crippen LogP contribution in [0.3, 0.4) is 0 Å². The molecule has 0 aromatic carbocycles. The van der Waals surface area contributed by atoms with Gasteiger partial charge in [0.15, 0.2) is 5.82 Å². The summed E-state index contributed by atoms with van der Waals surface area (Å²) in [5.41, 5.74) is 0. The van der Waals surface area contributed by atoms with Gasteiger partial charge in [0.2, 0.25) is 12.3 Å². The smallest absolute Gasteiger partial charge is 0.263 e. The summed E-state index contributed by atoms with van der Waals surface area (Å²) in [5.74, 6) is -4.99. The van der Waals surface area contributed by atoms with E-state index in [1.54, 1.807) is 0 Å². The molecule has 3 atom stereocenters. The SMILES string of the molecule is CC1C(C(=O)N2CCCCCC2c2ncon2)C1(F)F. The largest absolute Gasteiger partial charge is 0.343 e. The summed E-state index contributed by atoms with van der Waals surface area (Å²) in [4.78, 5) is 17.9. The van der Waals surface area contributed by atoms with Crippen molar-refractivity contribution in [1.82, 2.24) is 15.0 Å². The van der Waals surface area contributed by atoms with Crippen LogP contribution < -0.4 is 0 Å². The van der Waals surface area contributed by atoms with E-state index in [4.69, 9.17) is 4.52 Å². The Labute approximate surface area is 115 Å². The number of carbonyl (C=O) groups excluding carboxylic acids is 1. The predicted octanol–water partition coefficient (Wildman–Crippen LogP) is 2.41. The van der Waals surface area contributed by atoms with Crippen LogP contribution in [-0.2, 0) is 4.79 Å². The van der Waals surface area contributed by atoms with E-state index in [9.17, 15) is 13.6 Å². The number of hydrogen-bond donors (Lipinski definition) is 0. The lowest BCUT2D eigenvalue weighted by Crippen LogP contribution is -2.37. The molecule has 0 spiro atoms. The number of alkyl halides is 2. The van der Waals surface area contributed by atoms with Crippen molar-refractivity contribution in [3.8, 4) is 0 Å². The van der Waals surface area contributed by atoms with Gasteiger partial charge in [0.25, 0.3) is 5.92 Å². The van der Waals surface area contributed by atoms with Crippen LogP contribution in [0, 0.1) is 11.8 Å². The lowest BCUT2D eigenvalue weighted by molar-refractivity contribution is -0.137. The first-order valence-corrected chi connectivity index (χ1v) is 6.98. The Morgan fingerprint density at radius 2 is 2.20 bits per heavy atom. The number of nitrogens with zero attached hydrogens (tertiary/aromatic N) is 3. The third-order valence-electron chi connectivity index (χ3n) is 4.39. The average Bonchev–Trinajstić information content (AvgIpc) is 2.74. The normalized spacial score (nSPS) is 32.8. The van der Waals surface area contributed by atoms with Crippen LogP contribution in [0.5, 0.6) is 0 Å². The number of hydrogen-bond acceptors (Lipinski definition) is 4. The molecule has 2 heterocycles. The topological polar surface area (TPSA) is 59.2 Å². The van der Waals surface area contributed by atoms with Crippen molar-refractivity contribution in [3.63, 3.8) is 0 Å². The van der Waals surface area contributed by atoms with Gasteiger partial charge in [-0.25, -0.2) is 8.78 Å². The standard InChI is InChI=1S/C13H17F2N3O2/c1-8-10(13(8,14)15)12(19)18-6-4-2-3-5-9(18)11-16-7-20-17-11/h7-10H,2-6H2,1H3. The summed E-state index contributed by atoms with van der Waals surface area (Å²) >= 11 is 0. The van der Waals surface area contributed by atoms with Gasteiger partial charge in [-0.1, -0.05) is 24.9 Å². The fraction of sp³-hybridized carbons (Fsp3) is 0.769. The van der Waals surface area contributed by atoms with E-state index in [0.717, 1.165) is 19.3 Å². The molecule has 7 heteroatoms. The van der Waals surface area contributed by atoms with Crippen molar-refractivity contribution in [1.29, 1.82) is 0 Å². The number of carbonyl (C=O) groups is 1. The molecule has 1 saturated heterocycles. The number of aromatic nitrogens is 2. The highest BCUT2D eigenvalue weighted by molar-refractivity contribution is 5.84. The average molecular weight is 285 g/mol. The maximum absolute atomic E-state index is 13.5.